The Hall–Kier alpha value is -9.22. The molecule has 2 heterocycles. The molecule has 4 atom stereocenters. The van der Waals surface area contributed by atoms with Crippen molar-refractivity contribution in [3.05, 3.63) is 85.1 Å². The standard InChI is InChI=1S/C17H27N5O5.C9H15N3O2.C9H14O2.C8H10N2O3.C8H14N2O.CBrN.CH3NO2.H4N2.4H2O/c1-9-4-5-10(6-7-12(24)20-21-17(19)27)14-13(9)15(25)22(16(14)26)8-2-3-11(18)23;1-2-3-4-5-6-7-8(13)11-12-9(10)14;1-3-4-5-6-7-8-9(10)11-2;9-6(11)2-1-5-10-7(12)3-4-8(10)13;1-2-3-4-5-6-7-8(11)10-9;2-1-3;2-1(3)4;1-2;;;;/h9-10,13-14H,2-8H2,1H3,(H2,18,23)(H,20,24)(H3,19,21,27);2-5H,6-7H2,1H3,(H,11,13)(H3,10,12,14);3-6H,7-8H2,1-2H3;3-4H,1-2,5H2,(H2,9,11);2-5H,6-7,9H2,1H3,(H,10,11);;2H2,(H,3,4);1-2H2;4*1H2/b;3-2+,5-4+;4-3+,6-5+;;3-2+,5-4+;;;;;;;. The Morgan fingerprint density at radius 2 is 0.966 bits per heavy atom. The van der Waals surface area contributed by atoms with Crippen LogP contribution in [0.25, 0.3) is 0 Å². The molecule has 3 aliphatic rings. The minimum absolute atomic E-state index is 0. The summed E-state index contributed by atoms with van der Waals surface area (Å²) in [5.74, 6) is 9.16. The van der Waals surface area contributed by atoms with E-state index in [9.17, 15) is 57.5 Å². The van der Waals surface area contributed by atoms with Crippen LogP contribution in [0.1, 0.15) is 118 Å². The number of nitriles is 1. The van der Waals surface area contributed by atoms with Crippen LogP contribution >= 0.6 is 15.9 Å². The number of imide groups is 2. The zero-order valence-corrected chi connectivity index (χ0v) is 52.3. The maximum absolute atomic E-state index is 12.9. The van der Waals surface area contributed by atoms with Crippen molar-refractivity contribution in [1.82, 2.24) is 36.9 Å². The van der Waals surface area contributed by atoms with Gasteiger partial charge in [-0.25, -0.2) is 31.1 Å². The summed E-state index contributed by atoms with van der Waals surface area (Å²) in [5.41, 5.74) is 34.1. The van der Waals surface area contributed by atoms with Gasteiger partial charge in [-0.05, 0) is 84.0 Å². The monoisotopic (exact) mass is 1340 g/mol. The number of methoxy groups -OCH3 is 1. The first kappa shape index (κ1) is 98.8. The van der Waals surface area contributed by atoms with Gasteiger partial charge in [0.1, 0.15) is 4.98 Å². The number of urea groups is 2. The molecule has 508 valence electrons. The number of nitrogens with one attached hydrogen (secondary N) is 5. The van der Waals surface area contributed by atoms with Gasteiger partial charge in [0, 0.05) is 79.7 Å². The number of rotatable bonds is 23. The maximum Gasteiger partial charge on any atom is 0.402 e. The smallest absolute Gasteiger partial charge is 0.402 e. The van der Waals surface area contributed by atoms with Crippen LogP contribution in [-0.2, 0) is 52.7 Å². The lowest BCUT2D eigenvalue weighted by atomic mass is 9.67. The number of carboxylic acid groups (broad SMARTS) is 1. The van der Waals surface area contributed by atoms with Crippen molar-refractivity contribution in [1.29, 1.82) is 5.26 Å². The number of allylic oxidation sites excluding steroid dienone is 12. The van der Waals surface area contributed by atoms with Crippen molar-refractivity contribution in [3.63, 3.8) is 0 Å². The molecule has 36 heteroatoms. The van der Waals surface area contributed by atoms with Crippen LogP contribution in [-0.4, -0.2) is 134 Å². The number of amides is 14. The highest BCUT2D eigenvalue weighted by Crippen LogP contribution is 2.46. The second-order valence-electron chi connectivity index (χ2n) is 17.2. The Labute approximate surface area is 525 Å². The van der Waals surface area contributed by atoms with Crippen molar-refractivity contribution in [3.8, 4) is 4.98 Å². The predicted molar refractivity (Wildman–Crippen MR) is 333 cm³/mol. The molecule has 35 nitrogen and oxygen atoms in total. The van der Waals surface area contributed by atoms with E-state index in [-0.39, 0.29) is 113 Å². The molecule has 4 unspecified atom stereocenters. The van der Waals surface area contributed by atoms with Crippen molar-refractivity contribution in [2.45, 2.75) is 118 Å². The number of primary amides is 5. The van der Waals surface area contributed by atoms with Gasteiger partial charge in [0.05, 0.1) is 18.9 Å². The number of hydrogen-bond donors (Lipinski definition) is 14. The Balaban J connectivity index is -0.000000128. The number of fused-ring (bicyclic) bond motifs is 1. The molecule has 2 fully saturated rings. The number of nitrogens with zero attached hydrogens (tertiary/aromatic N) is 3. The van der Waals surface area contributed by atoms with Crippen LogP contribution in [0.4, 0.5) is 14.4 Å². The molecule has 0 aromatic heterocycles. The normalized spacial score (nSPS) is 15.4. The number of hydrazine groups is 4. The second kappa shape index (κ2) is 66.3. The largest absolute Gasteiger partial charge is 0.469 e. The van der Waals surface area contributed by atoms with Crippen LogP contribution in [0.3, 0.4) is 0 Å². The molecule has 0 aromatic rings. The molecule has 3 rings (SSSR count). The first-order chi connectivity index (χ1) is 40.3. The SMILES string of the molecule is C/C=C/C=C/CCC(=O)NN.C/C=C/C=C/CCC(=O)NNC(N)=O.C/C=C/C=C/CCC(=O)OC.CC1CCC(CCC(=O)NNC(N)=O)C2C(=O)N(CCCC(N)=O)C(=O)C12.N#CBr.NC(=O)CCCN1C(=O)C=CC1=O.NC(=O)O.NN.O.O.O.O. The van der Waals surface area contributed by atoms with Crippen molar-refractivity contribution >= 4 is 93.2 Å². The molecule has 30 N–H and O–H groups in total. The number of likely N-dealkylation sites (tertiary alicyclic amines) is 1. The number of carbonyl (C=O) groups excluding carboxylic acids is 12. The fraction of sp³-hybridized carbons (Fsp3) is 0.472. The van der Waals surface area contributed by atoms with Crippen molar-refractivity contribution in [2.75, 3.05) is 20.2 Å². The summed E-state index contributed by atoms with van der Waals surface area (Å²) in [6.45, 7) is 8.22. The lowest BCUT2D eigenvalue weighted by Crippen LogP contribution is -2.44. The van der Waals surface area contributed by atoms with Crippen molar-refractivity contribution < 1.29 is 94.1 Å². The predicted octanol–water partition coefficient (Wildman–Crippen LogP) is -1.88. The third-order valence-corrected chi connectivity index (χ3v) is 10.8. The Kier molecular flexibility index (Phi) is 73.6. The molecule has 0 radical (unpaired) electrons. The first-order valence-electron chi connectivity index (χ1n) is 26.1. The lowest BCUT2D eigenvalue weighted by molar-refractivity contribution is -0.141. The number of halogens is 1. The van der Waals surface area contributed by atoms with E-state index < -0.39 is 41.8 Å². The fourth-order valence-corrected chi connectivity index (χ4v) is 7.09. The Morgan fingerprint density at radius 1 is 0.607 bits per heavy atom. The Bertz CT molecular complexity index is 2300. The number of carbonyl (C=O) groups is 13. The highest BCUT2D eigenvalue weighted by molar-refractivity contribution is 9.12. The van der Waals surface area contributed by atoms with Gasteiger partial charge in [0.25, 0.3) is 11.8 Å². The molecule has 89 heavy (non-hydrogen) atoms. The summed E-state index contributed by atoms with van der Waals surface area (Å²) < 4.78 is 4.47. The first-order valence-corrected chi connectivity index (χ1v) is 26.9. The van der Waals surface area contributed by atoms with E-state index in [1.165, 1.54) is 24.2 Å². The Morgan fingerprint density at radius 3 is 1.33 bits per heavy atom. The van der Waals surface area contributed by atoms with Gasteiger partial charge < -0.3 is 60.4 Å². The highest BCUT2D eigenvalue weighted by Gasteiger charge is 2.54. The van der Waals surface area contributed by atoms with Crippen LogP contribution in [0.5, 0.6) is 0 Å². The number of nitrogens with two attached hydrogens (primary N) is 8. The summed E-state index contributed by atoms with van der Waals surface area (Å²) >= 11 is 2.45. The summed E-state index contributed by atoms with van der Waals surface area (Å²) in [4.78, 5) is 146. The average molecular weight is 1340 g/mol. The zero-order valence-electron chi connectivity index (χ0n) is 50.7. The van der Waals surface area contributed by atoms with E-state index in [4.69, 9.17) is 43.9 Å². The second-order valence-corrected chi connectivity index (χ2v) is 17.5. The van der Waals surface area contributed by atoms with Gasteiger partial charge in [0.2, 0.25) is 41.4 Å². The molecule has 1 aliphatic carbocycles. The third kappa shape index (κ3) is 58.9. The van der Waals surface area contributed by atoms with Gasteiger partial charge >= 0.3 is 24.1 Å². The quantitative estimate of drug-likeness (QED) is 0.0133. The molecule has 2 aliphatic heterocycles. The molecule has 14 amide bonds. The van der Waals surface area contributed by atoms with Crippen LogP contribution in [0.2, 0.25) is 0 Å². The molecular weight excluding hydrogens is 1240 g/mol. The summed E-state index contributed by atoms with van der Waals surface area (Å²) in [5, 5.41) is 14.4. The van der Waals surface area contributed by atoms with Crippen LogP contribution in [0.15, 0.2) is 85.1 Å². The maximum atomic E-state index is 12.9. The highest BCUT2D eigenvalue weighted by atomic mass is 79.9. The van der Waals surface area contributed by atoms with E-state index in [0.29, 0.717) is 44.9 Å². The molecular formula is C53H95BrN16O19. The topological polar surface area (TPSA) is 676 Å². The third-order valence-electron chi connectivity index (χ3n) is 10.8. The molecule has 0 bridgehead atoms. The van der Waals surface area contributed by atoms with E-state index in [2.05, 4.69) is 54.4 Å². The van der Waals surface area contributed by atoms with Gasteiger partial charge in [-0.1, -0.05) is 79.8 Å². The minimum Gasteiger partial charge on any atom is -0.469 e. The van der Waals surface area contributed by atoms with Crippen molar-refractivity contribution in [2.24, 2.45) is 69.9 Å². The molecule has 1 saturated heterocycles. The van der Waals surface area contributed by atoms with E-state index in [1.807, 2.05) is 111 Å². The summed E-state index contributed by atoms with van der Waals surface area (Å²) in [6, 6.07) is -1.64. The summed E-state index contributed by atoms with van der Waals surface area (Å²) in [7, 11) is 1.40. The fourth-order valence-electron chi connectivity index (χ4n) is 7.09. The lowest BCUT2D eigenvalue weighted by Gasteiger charge is -2.34. The number of hydrogen-bond acceptors (Lipinski definition) is 18. The molecule has 0 aromatic carbocycles. The van der Waals surface area contributed by atoms with E-state index >= 15 is 0 Å². The minimum atomic E-state index is -1.33. The number of ether oxygens (including phenoxy) is 1. The van der Waals surface area contributed by atoms with E-state index in [0.717, 1.165) is 30.6 Å². The van der Waals surface area contributed by atoms with Crippen LogP contribution < -0.4 is 73.3 Å². The van der Waals surface area contributed by atoms with Crippen LogP contribution in [0, 0.1) is 33.9 Å². The zero-order chi connectivity index (χ0) is 66.1. The summed E-state index contributed by atoms with van der Waals surface area (Å²) in [6.07, 6.45) is 30.5. The number of esters is 1. The van der Waals surface area contributed by atoms with Gasteiger partial charge in [0.15, 0.2) is 0 Å². The van der Waals surface area contributed by atoms with Gasteiger partial charge in [-0.15, -0.1) is 0 Å². The average Bonchev–Trinajstić information content (AvgIpc) is 3.00. The van der Waals surface area contributed by atoms with E-state index in [1.54, 1.807) is 4.98 Å². The molecule has 0 spiro atoms. The van der Waals surface area contributed by atoms with Gasteiger partial charge in [-0.2, -0.15) is 5.26 Å². The van der Waals surface area contributed by atoms with Gasteiger partial charge in [-0.3, -0.25) is 85.7 Å². The molecule has 1 saturated carbocycles.